The van der Waals surface area contributed by atoms with E-state index in [0.717, 1.165) is 50.5 Å². The van der Waals surface area contributed by atoms with Crippen LogP contribution in [0.5, 0.6) is 23.0 Å². The van der Waals surface area contributed by atoms with Crippen LogP contribution in [-0.4, -0.2) is 62.5 Å². The molecule has 3 aromatic carbocycles. The van der Waals surface area contributed by atoms with Gasteiger partial charge in [0.25, 0.3) is 0 Å². The molecule has 0 atom stereocenters. The van der Waals surface area contributed by atoms with Crippen molar-refractivity contribution in [1.82, 2.24) is 9.88 Å². The number of urea groups is 1. The van der Waals surface area contributed by atoms with Gasteiger partial charge in [0, 0.05) is 54.7 Å². The largest absolute Gasteiger partial charge is 0.493 e. The van der Waals surface area contributed by atoms with Crippen LogP contribution in [0.25, 0.3) is 10.9 Å². The monoisotopic (exact) mass is 558 g/mol. The first-order valence-electron chi connectivity index (χ1n) is 13.6. The highest BCUT2D eigenvalue weighted by molar-refractivity contribution is 6.04. The first kappa shape index (κ1) is 26.8. The molecule has 10 heteroatoms. The number of para-hydroxylation sites is 1. The highest BCUT2D eigenvalue weighted by atomic mass is 19.1. The molecule has 41 heavy (non-hydrogen) atoms. The number of aromatic nitrogens is 1. The molecule has 3 heterocycles. The maximum absolute atomic E-state index is 15.3. The van der Waals surface area contributed by atoms with Crippen LogP contribution in [0.1, 0.15) is 12.0 Å². The normalized spacial score (nSPS) is 15.4. The zero-order chi connectivity index (χ0) is 28.2. The van der Waals surface area contributed by atoms with Gasteiger partial charge in [0.1, 0.15) is 5.75 Å². The number of hydrogen-bond acceptors (Lipinski definition) is 7. The first-order chi connectivity index (χ1) is 20.1. The van der Waals surface area contributed by atoms with Crippen molar-refractivity contribution < 1.29 is 28.1 Å². The van der Waals surface area contributed by atoms with Crippen molar-refractivity contribution in [2.75, 3.05) is 56.8 Å². The van der Waals surface area contributed by atoms with E-state index in [9.17, 15) is 4.79 Å². The summed E-state index contributed by atoms with van der Waals surface area (Å²) < 4.78 is 38.3. The van der Waals surface area contributed by atoms with Gasteiger partial charge in [0.05, 0.1) is 39.0 Å². The summed E-state index contributed by atoms with van der Waals surface area (Å²) in [6, 6.07) is 17.0. The maximum atomic E-state index is 15.3. The van der Waals surface area contributed by atoms with Crippen LogP contribution in [0.2, 0.25) is 0 Å². The number of carbonyl (C=O) groups is 1. The van der Waals surface area contributed by atoms with Crippen molar-refractivity contribution in [3.63, 3.8) is 0 Å². The lowest BCUT2D eigenvalue weighted by molar-refractivity contribution is 0.0357. The van der Waals surface area contributed by atoms with Crippen LogP contribution in [0.15, 0.2) is 66.9 Å². The fourth-order valence-electron chi connectivity index (χ4n) is 5.06. The standard InChI is InChI=1S/C31H31FN4O5/c1-38-29-18-23-26(19-30(29)40-14-4-11-35-12-15-39-16-13-35)33-10-9-27(23)41-28-8-7-22(17-24(28)32)36-20-21-5-2-3-6-25(21)34-31(36)37/h2-3,5-10,17-19H,4,11-16,20H2,1H3,(H,34,37). The fraction of sp³-hybridized carbons (Fsp3) is 0.290. The summed E-state index contributed by atoms with van der Waals surface area (Å²) in [6.07, 6.45) is 2.48. The van der Waals surface area contributed by atoms with Crippen LogP contribution in [0.4, 0.5) is 20.6 Å². The molecule has 6 rings (SSSR count). The number of rotatable bonds is 9. The Bertz CT molecular complexity index is 1560. The lowest BCUT2D eigenvalue weighted by Gasteiger charge is -2.29. The number of ether oxygens (including phenoxy) is 4. The van der Waals surface area contributed by atoms with Crippen molar-refractivity contribution in [2.24, 2.45) is 0 Å². The molecule has 0 bridgehead atoms. The van der Waals surface area contributed by atoms with Gasteiger partial charge in [-0.15, -0.1) is 0 Å². The summed E-state index contributed by atoms with van der Waals surface area (Å²) >= 11 is 0. The summed E-state index contributed by atoms with van der Waals surface area (Å²) in [7, 11) is 1.58. The predicted molar refractivity (Wildman–Crippen MR) is 154 cm³/mol. The molecule has 1 saturated heterocycles. The van der Waals surface area contributed by atoms with E-state index in [-0.39, 0.29) is 11.8 Å². The molecule has 212 valence electrons. The molecule has 0 saturated carbocycles. The van der Waals surface area contributed by atoms with E-state index in [1.165, 1.54) is 17.0 Å². The molecule has 0 unspecified atom stereocenters. The van der Waals surface area contributed by atoms with Gasteiger partial charge in [-0.1, -0.05) is 18.2 Å². The Morgan fingerprint density at radius 3 is 2.68 bits per heavy atom. The van der Waals surface area contributed by atoms with E-state index in [1.807, 2.05) is 30.3 Å². The summed E-state index contributed by atoms with van der Waals surface area (Å²) in [5.41, 5.74) is 2.77. The van der Waals surface area contributed by atoms with Gasteiger partial charge in [-0.25, -0.2) is 9.18 Å². The Balaban J connectivity index is 1.17. The van der Waals surface area contributed by atoms with E-state index in [2.05, 4.69) is 15.2 Å². The third-order valence-electron chi connectivity index (χ3n) is 7.25. The van der Waals surface area contributed by atoms with E-state index >= 15 is 4.39 Å². The Kier molecular flexibility index (Phi) is 7.84. The average Bonchev–Trinajstić information content (AvgIpc) is 3.00. The average molecular weight is 559 g/mol. The SMILES string of the molecule is COc1cc2c(Oc3ccc(N4Cc5ccccc5NC4=O)cc3F)ccnc2cc1OCCCN1CCOCC1. The Morgan fingerprint density at radius 1 is 1.00 bits per heavy atom. The number of methoxy groups -OCH3 is 1. The smallest absolute Gasteiger partial charge is 0.326 e. The highest BCUT2D eigenvalue weighted by Gasteiger charge is 2.24. The molecule has 2 amide bonds. The first-order valence-corrected chi connectivity index (χ1v) is 13.6. The van der Waals surface area contributed by atoms with Crippen LogP contribution in [-0.2, 0) is 11.3 Å². The van der Waals surface area contributed by atoms with Crippen LogP contribution in [0.3, 0.4) is 0 Å². The fourth-order valence-corrected chi connectivity index (χ4v) is 5.06. The minimum atomic E-state index is -0.591. The van der Waals surface area contributed by atoms with Crippen LogP contribution in [0, 0.1) is 5.82 Å². The second-order valence-corrected chi connectivity index (χ2v) is 9.88. The molecule has 1 fully saturated rings. The molecule has 9 nitrogen and oxygen atoms in total. The molecule has 0 aliphatic carbocycles. The van der Waals surface area contributed by atoms with Crippen molar-refractivity contribution in [3.05, 3.63) is 78.2 Å². The number of benzene rings is 3. The van der Waals surface area contributed by atoms with E-state index in [1.54, 1.807) is 31.5 Å². The molecule has 2 aliphatic rings. The number of anilines is 2. The number of nitrogens with zero attached hydrogens (tertiary/aromatic N) is 3. The molecule has 4 aromatic rings. The van der Waals surface area contributed by atoms with Crippen LogP contribution < -0.4 is 24.4 Å². The van der Waals surface area contributed by atoms with Gasteiger partial charge in [-0.05, 0) is 42.3 Å². The number of hydrogen-bond donors (Lipinski definition) is 1. The zero-order valence-electron chi connectivity index (χ0n) is 22.8. The van der Waals surface area contributed by atoms with Gasteiger partial charge in [-0.2, -0.15) is 0 Å². The molecule has 0 spiro atoms. The van der Waals surface area contributed by atoms with Crippen molar-refractivity contribution in [1.29, 1.82) is 0 Å². The number of halogens is 1. The number of fused-ring (bicyclic) bond motifs is 2. The molecular formula is C31H31FN4O5. The topological polar surface area (TPSA) is 85.4 Å². The summed E-state index contributed by atoms with van der Waals surface area (Å²) in [6.45, 7) is 5.24. The van der Waals surface area contributed by atoms with E-state index in [4.69, 9.17) is 18.9 Å². The summed E-state index contributed by atoms with van der Waals surface area (Å²) in [5.74, 6) is 0.980. The quantitative estimate of drug-likeness (QED) is 0.259. The molecular weight excluding hydrogens is 527 g/mol. The Morgan fingerprint density at radius 2 is 1.85 bits per heavy atom. The lowest BCUT2D eigenvalue weighted by atomic mass is 10.1. The Labute approximate surface area is 237 Å². The van der Waals surface area contributed by atoms with Crippen LogP contribution >= 0.6 is 0 Å². The second kappa shape index (κ2) is 12.0. The van der Waals surface area contributed by atoms with Gasteiger partial charge >= 0.3 is 6.03 Å². The molecule has 0 radical (unpaired) electrons. The van der Waals surface area contributed by atoms with E-state index in [0.29, 0.717) is 47.0 Å². The van der Waals surface area contributed by atoms with Gasteiger partial charge in [0.15, 0.2) is 23.1 Å². The molecule has 1 N–H and O–H groups in total. The minimum absolute atomic E-state index is 0.0291. The summed E-state index contributed by atoms with van der Waals surface area (Å²) in [5, 5.41) is 3.50. The van der Waals surface area contributed by atoms with Gasteiger partial charge in [-0.3, -0.25) is 14.8 Å². The van der Waals surface area contributed by atoms with Crippen molar-refractivity contribution >= 4 is 28.3 Å². The number of pyridine rings is 1. The Hall–Kier alpha value is -4.41. The third-order valence-corrected chi connectivity index (χ3v) is 7.25. The summed E-state index contributed by atoms with van der Waals surface area (Å²) in [4.78, 5) is 21.0. The van der Waals surface area contributed by atoms with Crippen molar-refractivity contribution in [3.8, 4) is 23.0 Å². The van der Waals surface area contributed by atoms with Gasteiger partial charge < -0.3 is 24.3 Å². The molecule has 1 aromatic heterocycles. The number of carbonyl (C=O) groups excluding carboxylic acids is 1. The maximum Gasteiger partial charge on any atom is 0.326 e. The van der Waals surface area contributed by atoms with E-state index < -0.39 is 5.82 Å². The number of nitrogens with one attached hydrogen (secondary N) is 1. The minimum Gasteiger partial charge on any atom is -0.493 e. The molecule has 2 aliphatic heterocycles. The zero-order valence-corrected chi connectivity index (χ0v) is 22.8. The predicted octanol–water partition coefficient (Wildman–Crippen LogP) is 5.83. The van der Waals surface area contributed by atoms with Gasteiger partial charge in [0.2, 0.25) is 0 Å². The number of amides is 2. The lowest BCUT2D eigenvalue weighted by Crippen LogP contribution is -2.38. The second-order valence-electron chi connectivity index (χ2n) is 9.88. The third kappa shape index (κ3) is 5.89. The number of morpholine rings is 1. The highest BCUT2D eigenvalue weighted by Crippen LogP contribution is 2.38. The van der Waals surface area contributed by atoms with Crippen molar-refractivity contribution in [2.45, 2.75) is 13.0 Å².